The number of rotatable bonds is 24. The van der Waals surface area contributed by atoms with E-state index in [0.29, 0.717) is 12.8 Å². The largest absolute Gasteiger partial charge is 2.00 e. The van der Waals surface area contributed by atoms with Crippen LogP contribution in [-0.4, -0.2) is 39.2 Å². The lowest BCUT2D eigenvalue weighted by atomic mass is 10.1. The highest BCUT2D eigenvalue weighted by atomic mass is 32.3. The maximum absolute atomic E-state index is 10.1. The topological polar surface area (TPSA) is 133 Å². The van der Waals surface area contributed by atoms with Crippen molar-refractivity contribution in [2.24, 2.45) is 0 Å². The first-order chi connectivity index (χ1) is 16.1. The van der Waals surface area contributed by atoms with Crippen LogP contribution in [0.15, 0.2) is 0 Å². The van der Waals surface area contributed by atoms with Crippen LogP contribution in [0.3, 0.4) is 0 Å². The van der Waals surface area contributed by atoms with Gasteiger partial charge in [-0.25, -0.2) is 16.8 Å². The van der Waals surface area contributed by atoms with E-state index in [2.05, 4.69) is 22.2 Å². The van der Waals surface area contributed by atoms with Crippen molar-refractivity contribution in [2.45, 2.75) is 142 Å². The lowest BCUT2D eigenvalue weighted by molar-refractivity contribution is 0.253. The minimum atomic E-state index is -4.48. The van der Waals surface area contributed by atoms with Gasteiger partial charge in [0.1, 0.15) is 0 Å². The highest BCUT2D eigenvalue weighted by molar-refractivity contribution is 7.81. The molecule has 0 heterocycles. The summed E-state index contributed by atoms with van der Waals surface area (Å²) in [6.07, 6.45) is 23.4. The van der Waals surface area contributed by atoms with Crippen LogP contribution in [0.25, 0.3) is 0 Å². The molecule has 0 spiro atoms. The summed E-state index contributed by atoms with van der Waals surface area (Å²) in [6.45, 7) is 4.49. The van der Waals surface area contributed by atoms with Crippen LogP contribution >= 0.6 is 0 Å². The fraction of sp³-hybridized carbons (Fsp3) is 1.00. The summed E-state index contributed by atoms with van der Waals surface area (Å²) >= 11 is 0. The van der Waals surface area contributed by atoms with Crippen molar-refractivity contribution in [2.75, 3.05) is 13.2 Å². The van der Waals surface area contributed by atoms with Gasteiger partial charge in [-0.1, -0.05) is 129 Å². The summed E-state index contributed by atoms with van der Waals surface area (Å²) in [6, 6.07) is 0. The second-order valence-corrected chi connectivity index (χ2v) is 10.9. The first-order valence-corrected chi connectivity index (χ1v) is 16.0. The first kappa shape index (κ1) is 39.6. The lowest BCUT2D eigenvalue weighted by Crippen LogP contribution is -2.05. The molecule has 4 radical (unpaired) electrons. The average Bonchev–Trinajstić information content (AvgIpc) is 2.75. The van der Waals surface area contributed by atoms with Crippen LogP contribution in [-0.2, 0) is 42.7 Å². The fourth-order valence-corrected chi connectivity index (χ4v) is 4.14. The summed E-state index contributed by atoms with van der Waals surface area (Å²) in [4.78, 5) is 0. The van der Waals surface area contributed by atoms with E-state index < -0.39 is 20.8 Å². The smallest absolute Gasteiger partial charge is 0.726 e. The van der Waals surface area contributed by atoms with Gasteiger partial charge >= 0.3 is 13.5 Å². The Bertz CT molecular complexity index is 556. The van der Waals surface area contributed by atoms with Crippen LogP contribution in [0, 0.1) is 0 Å². The molecule has 212 valence electrons. The molecule has 0 aromatic rings. The van der Waals surface area contributed by atoms with Crippen LogP contribution in [0.2, 0.25) is 0 Å². The van der Waals surface area contributed by atoms with Gasteiger partial charge in [-0.2, -0.15) is 0 Å². The maximum atomic E-state index is 10.1. The molecular weight excluding hydrogens is 512 g/mol. The molecule has 0 aromatic carbocycles. The molecule has 0 rings (SSSR count). The molecule has 0 amide bonds. The van der Waals surface area contributed by atoms with Gasteiger partial charge in [0.05, 0.1) is 13.2 Å². The van der Waals surface area contributed by atoms with Gasteiger partial charge in [0, 0.05) is 0 Å². The van der Waals surface area contributed by atoms with Crippen LogP contribution in [0.1, 0.15) is 142 Å². The van der Waals surface area contributed by atoms with Gasteiger partial charge in [-0.05, 0) is 12.8 Å². The normalized spacial score (nSPS) is 11.5. The Morgan fingerprint density at radius 3 is 0.829 bits per heavy atom. The van der Waals surface area contributed by atoms with Crippen molar-refractivity contribution in [1.82, 2.24) is 0 Å². The molecule has 0 atom stereocenters. The summed E-state index contributed by atoms with van der Waals surface area (Å²) in [5.41, 5.74) is 0. The lowest BCUT2D eigenvalue weighted by Gasteiger charge is -2.07. The van der Waals surface area contributed by atoms with Crippen molar-refractivity contribution in [3.63, 3.8) is 0 Å². The van der Waals surface area contributed by atoms with E-state index in [0.717, 1.165) is 25.7 Å². The second-order valence-electron chi connectivity index (χ2n) is 8.82. The first-order valence-electron chi connectivity index (χ1n) is 13.3. The molecule has 0 aliphatic heterocycles. The zero-order valence-corrected chi connectivity index (χ0v) is 24.5. The Labute approximate surface area is 223 Å². The highest BCUT2D eigenvalue weighted by Gasteiger charge is 2.00. The number of unbranched alkanes of at least 4 members (excludes halogenated alkanes) is 18. The molecule has 8 nitrogen and oxygen atoms in total. The Morgan fingerprint density at radius 2 is 0.629 bits per heavy atom. The van der Waals surface area contributed by atoms with Gasteiger partial charge in [-0.3, -0.25) is 8.37 Å². The molecule has 0 aliphatic carbocycles. The van der Waals surface area contributed by atoms with Crippen LogP contribution in [0.5, 0.6) is 0 Å². The van der Waals surface area contributed by atoms with Crippen molar-refractivity contribution in [3.05, 3.63) is 0 Å². The standard InChI is InChI=1S/2C12H26O4S.S/c2*1-2-3-4-5-6-7-8-9-10-11-12-16-17(13,14)15;/h2*2-12H2,1H3,(H,13,14,15);/q;;+2/p-2. The van der Waals surface area contributed by atoms with E-state index >= 15 is 0 Å². The maximum Gasteiger partial charge on any atom is 2.00 e. The van der Waals surface area contributed by atoms with E-state index in [-0.39, 0.29) is 26.7 Å². The van der Waals surface area contributed by atoms with E-state index in [1.54, 1.807) is 0 Å². The predicted molar refractivity (Wildman–Crippen MR) is 142 cm³/mol. The highest BCUT2D eigenvalue weighted by Crippen LogP contribution is 2.11. The molecular formula is C24H50O8S3. The summed E-state index contributed by atoms with van der Waals surface area (Å²) in [5.74, 6) is 0. The van der Waals surface area contributed by atoms with Crippen LogP contribution < -0.4 is 0 Å². The molecule has 35 heavy (non-hydrogen) atoms. The minimum absolute atomic E-state index is 0. The zero-order valence-electron chi connectivity index (χ0n) is 22.0. The summed E-state index contributed by atoms with van der Waals surface area (Å²) in [7, 11) is -8.97. The third-order valence-electron chi connectivity index (χ3n) is 5.45. The van der Waals surface area contributed by atoms with Gasteiger partial charge in [0.2, 0.25) is 20.8 Å². The Kier molecular flexibility index (Phi) is 32.4. The van der Waals surface area contributed by atoms with Crippen molar-refractivity contribution >= 4 is 34.3 Å². The zero-order chi connectivity index (χ0) is 26.0. The molecule has 0 saturated carbocycles. The third kappa shape index (κ3) is 44.5. The van der Waals surface area contributed by atoms with E-state index in [1.165, 1.54) is 89.9 Å². The molecule has 0 N–H and O–H groups in total. The van der Waals surface area contributed by atoms with Crippen molar-refractivity contribution in [3.8, 4) is 0 Å². The van der Waals surface area contributed by atoms with Gasteiger partial charge in [-0.15, -0.1) is 0 Å². The van der Waals surface area contributed by atoms with Crippen molar-refractivity contribution in [1.29, 1.82) is 0 Å². The van der Waals surface area contributed by atoms with E-state index in [9.17, 15) is 25.9 Å². The van der Waals surface area contributed by atoms with E-state index in [1.807, 2.05) is 0 Å². The Balaban J connectivity index is -0.000000569. The molecule has 0 fully saturated rings. The van der Waals surface area contributed by atoms with Crippen molar-refractivity contribution < 1.29 is 34.3 Å². The quantitative estimate of drug-likeness (QED) is 0.0715. The van der Waals surface area contributed by atoms with Gasteiger partial charge in [0.15, 0.2) is 0 Å². The number of hydrogen-bond acceptors (Lipinski definition) is 8. The molecule has 0 aromatic heterocycles. The fourth-order valence-electron chi connectivity index (χ4n) is 3.50. The van der Waals surface area contributed by atoms with Crippen LogP contribution in [0.4, 0.5) is 0 Å². The van der Waals surface area contributed by atoms with Gasteiger partial charge < -0.3 is 9.11 Å². The Morgan fingerprint density at radius 1 is 0.429 bits per heavy atom. The molecule has 0 aliphatic rings. The summed E-state index contributed by atoms with van der Waals surface area (Å²) < 4.78 is 68.9. The Hall–Kier alpha value is 0.0900. The summed E-state index contributed by atoms with van der Waals surface area (Å²) in [5, 5.41) is 0. The SMILES string of the molecule is CCCCCCCCCCCCOS(=O)(=O)[O-].CCCCCCCCCCCCOS(=O)(=O)[O-].[S+2]. The second kappa shape index (κ2) is 28.7. The van der Waals surface area contributed by atoms with E-state index in [4.69, 9.17) is 0 Å². The molecule has 0 unspecified atom stereocenters. The number of hydrogen-bond donors (Lipinski definition) is 0. The molecule has 0 bridgehead atoms. The third-order valence-corrected chi connectivity index (χ3v) is 6.36. The molecule has 0 saturated heterocycles. The minimum Gasteiger partial charge on any atom is -0.726 e. The molecule has 11 heteroatoms. The predicted octanol–water partition coefficient (Wildman–Crippen LogP) is 6.77. The monoisotopic (exact) mass is 562 g/mol. The average molecular weight is 563 g/mol. The van der Waals surface area contributed by atoms with Gasteiger partial charge in [0.25, 0.3) is 0 Å².